The molecule has 1 aromatic carbocycles. The predicted octanol–water partition coefficient (Wildman–Crippen LogP) is 2.95. The maximum absolute atomic E-state index is 12.3. The average Bonchev–Trinajstić information content (AvgIpc) is 3.26. The van der Waals surface area contributed by atoms with Crippen molar-refractivity contribution in [1.29, 1.82) is 0 Å². The summed E-state index contributed by atoms with van der Waals surface area (Å²) in [5, 5.41) is 3.01. The van der Waals surface area contributed by atoms with Crippen LogP contribution in [0, 0.1) is 0 Å². The van der Waals surface area contributed by atoms with Gasteiger partial charge in [0.1, 0.15) is 5.82 Å². The molecule has 1 N–H and O–H groups in total. The molecule has 0 saturated carbocycles. The van der Waals surface area contributed by atoms with Crippen LogP contribution in [0.25, 0.3) is 11.4 Å². The quantitative estimate of drug-likeness (QED) is 0.875. The van der Waals surface area contributed by atoms with E-state index in [1.807, 2.05) is 49.3 Å². The fourth-order valence-corrected chi connectivity index (χ4v) is 4.29. The van der Waals surface area contributed by atoms with E-state index in [0.29, 0.717) is 12.6 Å². The highest BCUT2D eigenvalue weighted by atomic mass is 32.2. The normalized spacial score (nSPS) is 17.4. The number of imidazole rings is 1. The zero-order valence-corrected chi connectivity index (χ0v) is 15.1. The predicted molar refractivity (Wildman–Crippen MR) is 100 cm³/mol. The summed E-state index contributed by atoms with van der Waals surface area (Å²) in [7, 11) is 2.03. The molecule has 1 unspecified atom stereocenters. The highest BCUT2D eigenvalue weighted by Crippen LogP contribution is 2.22. The van der Waals surface area contributed by atoms with Gasteiger partial charge in [-0.05, 0) is 38.3 Å². The Bertz CT molecular complexity index is 694. The molecule has 1 amide bonds. The number of hydrogen-bond donors (Lipinski definition) is 1. The summed E-state index contributed by atoms with van der Waals surface area (Å²) in [5.74, 6) is 3.28. The van der Waals surface area contributed by atoms with Crippen LogP contribution in [-0.4, -0.2) is 51.5 Å². The van der Waals surface area contributed by atoms with E-state index in [9.17, 15) is 4.79 Å². The molecule has 1 aromatic heterocycles. The molecule has 1 fully saturated rings. The number of benzene rings is 1. The monoisotopic (exact) mass is 344 g/mol. The number of likely N-dealkylation sites (N-methyl/N-ethyl adjacent to an activating group) is 1. The minimum atomic E-state index is 0.0328. The molecule has 3 rings (SSSR count). The molecule has 128 valence electrons. The van der Waals surface area contributed by atoms with Gasteiger partial charge in [0.2, 0.25) is 5.91 Å². The van der Waals surface area contributed by atoms with Crippen molar-refractivity contribution in [3.05, 3.63) is 36.7 Å². The highest BCUT2D eigenvalue weighted by molar-refractivity contribution is 7.99. The van der Waals surface area contributed by atoms with Crippen LogP contribution in [-0.2, 0) is 11.3 Å². The first kappa shape index (κ1) is 17.0. The standard InChI is InChI=1S/C18H24N4OS/c1-3-22-9-8-19-18(22)14-5-4-6-15(11-14)20-17(23)12-21(2)16-7-10-24-13-16/h4-6,8-9,11,16H,3,7,10,12-13H2,1-2H3,(H,20,23). The molecule has 5 nitrogen and oxygen atoms in total. The first-order valence-corrected chi connectivity index (χ1v) is 9.52. The average molecular weight is 344 g/mol. The van der Waals surface area contributed by atoms with Gasteiger partial charge in [-0.2, -0.15) is 11.8 Å². The molecule has 1 aliphatic rings. The highest BCUT2D eigenvalue weighted by Gasteiger charge is 2.21. The largest absolute Gasteiger partial charge is 0.331 e. The zero-order chi connectivity index (χ0) is 16.9. The molecule has 6 heteroatoms. The second kappa shape index (κ2) is 7.85. The second-order valence-corrected chi connectivity index (χ2v) is 7.25. The molecular weight excluding hydrogens is 320 g/mol. The number of rotatable bonds is 6. The van der Waals surface area contributed by atoms with Crippen molar-refractivity contribution in [3.63, 3.8) is 0 Å². The van der Waals surface area contributed by atoms with Crippen LogP contribution in [0.4, 0.5) is 5.69 Å². The van der Waals surface area contributed by atoms with Crippen LogP contribution >= 0.6 is 11.8 Å². The van der Waals surface area contributed by atoms with Gasteiger partial charge in [-0.25, -0.2) is 4.98 Å². The van der Waals surface area contributed by atoms with Gasteiger partial charge >= 0.3 is 0 Å². The van der Waals surface area contributed by atoms with Crippen molar-refractivity contribution in [2.24, 2.45) is 0 Å². The van der Waals surface area contributed by atoms with E-state index in [0.717, 1.165) is 29.4 Å². The molecule has 0 aliphatic carbocycles. The zero-order valence-electron chi connectivity index (χ0n) is 14.2. The SMILES string of the molecule is CCn1ccnc1-c1cccc(NC(=O)CN(C)C2CCSC2)c1. The van der Waals surface area contributed by atoms with Crippen molar-refractivity contribution in [3.8, 4) is 11.4 Å². The number of carbonyl (C=O) groups excluding carboxylic acids is 1. The Morgan fingerprint density at radius 3 is 3.12 bits per heavy atom. The number of thioether (sulfide) groups is 1. The number of nitrogens with zero attached hydrogens (tertiary/aromatic N) is 3. The Hall–Kier alpha value is -1.79. The summed E-state index contributed by atoms with van der Waals surface area (Å²) in [5.41, 5.74) is 1.83. The van der Waals surface area contributed by atoms with Crippen LogP contribution < -0.4 is 5.32 Å². The van der Waals surface area contributed by atoms with E-state index >= 15 is 0 Å². The van der Waals surface area contributed by atoms with Gasteiger partial charge in [0.25, 0.3) is 0 Å². The first-order chi connectivity index (χ1) is 11.7. The van der Waals surface area contributed by atoms with E-state index in [1.165, 1.54) is 12.2 Å². The fourth-order valence-electron chi connectivity index (χ4n) is 2.99. The molecule has 2 aromatic rings. The maximum Gasteiger partial charge on any atom is 0.238 e. The van der Waals surface area contributed by atoms with Gasteiger partial charge in [0.15, 0.2) is 0 Å². The van der Waals surface area contributed by atoms with Gasteiger partial charge in [0, 0.05) is 42.0 Å². The number of anilines is 1. The minimum absolute atomic E-state index is 0.0328. The third-order valence-electron chi connectivity index (χ3n) is 4.38. The molecule has 1 aliphatic heterocycles. The lowest BCUT2D eigenvalue weighted by Crippen LogP contribution is -2.37. The molecular formula is C18H24N4OS. The Labute approximate surface area is 147 Å². The van der Waals surface area contributed by atoms with Crippen LogP contribution in [0.3, 0.4) is 0 Å². The Morgan fingerprint density at radius 1 is 1.50 bits per heavy atom. The number of amides is 1. The third kappa shape index (κ3) is 3.99. The Morgan fingerprint density at radius 2 is 2.38 bits per heavy atom. The molecule has 2 heterocycles. The summed E-state index contributed by atoms with van der Waals surface area (Å²) >= 11 is 1.96. The van der Waals surface area contributed by atoms with Gasteiger partial charge in [-0.1, -0.05) is 12.1 Å². The summed E-state index contributed by atoms with van der Waals surface area (Å²) < 4.78 is 2.09. The lowest BCUT2D eigenvalue weighted by atomic mass is 10.2. The van der Waals surface area contributed by atoms with Gasteiger partial charge < -0.3 is 9.88 Å². The fraction of sp³-hybridized carbons (Fsp3) is 0.444. The first-order valence-electron chi connectivity index (χ1n) is 8.36. The number of nitrogens with one attached hydrogen (secondary N) is 1. The van der Waals surface area contributed by atoms with Crippen LogP contribution in [0.2, 0.25) is 0 Å². The van der Waals surface area contributed by atoms with Crippen molar-refractivity contribution >= 4 is 23.4 Å². The van der Waals surface area contributed by atoms with Gasteiger partial charge in [-0.3, -0.25) is 9.69 Å². The van der Waals surface area contributed by atoms with Gasteiger partial charge in [0.05, 0.1) is 6.54 Å². The number of hydrogen-bond acceptors (Lipinski definition) is 4. The summed E-state index contributed by atoms with van der Waals surface area (Å²) in [4.78, 5) is 18.9. The van der Waals surface area contributed by atoms with Crippen molar-refractivity contribution in [2.75, 3.05) is 30.4 Å². The minimum Gasteiger partial charge on any atom is -0.331 e. The molecule has 0 radical (unpaired) electrons. The smallest absolute Gasteiger partial charge is 0.238 e. The summed E-state index contributed by atoms with van der Waals surface area (Å²) in [6.45, 7) is 3.39. The Kier molecular flexibility index (Phi) is 5.58. The van der Waals surface area contributed by atoms with E-state index < -0.39 is 0 Å². The van der Waals surface area contributed by atoms with Gasteiger partial charge in [-0.15, -0.1) is 0 Å². The van der Waals surface area contributed by atoms with Crippen molar-refractivity contribution in [2.45, 2.75) is 25.9 Å². The lowest BCUT2D eigenvalue weighted by molar-refractivity contribution is -0.117. The van der Waals surface area contributed by atoms with E-state index in [1.54, 1.807) is 6.20 Å². The molecule has 0 spiro atoms. The van der Waals surface area contributed by atoms with Crippen molar-refractivity contribution in [1.82, 2.24) is 14.5 Å². The van der Waals surface area contributed by atoms with E-state index in [4.69, 9.17) is 0 Å². The molecule has 1 atom stereocenters. The van der Waals surface area contributed by atoms with E-state index in [2.05, 4.69) is 26.7 Å². The Balaban J connectivity index is 1.65. The summed E-state index contributed by atoms with van der Waals surface area (Å²) in [6.07, 6.45) is 4.94. The number of aryl methyl sites for hydroxylation is 1. The molecule has 0 bridgehead atoms. The third-order valence-corrected chi connectivity index (χ3v) is 5.53. The van der Waals surface area contributed by atoms with E-state index in [-0.39, 0.29) is 5.91 Å². The molecule has 1 saturated heterocycles. The van der Waals surface area contributed by atoms with Crippen LogP contribution in [0.15, 0.2) is 36.7 Å². The van der Waals surface area contributed by atoms with Crippen molar-refractivity contribution < 1.29 is 4.79 Å². The number of aromatic nitrogens is 2. The molecule has 24 heavy (non-hydrogen) atoms. The van der Waals surface area contributed by atoms with Crippen LogP contribution in [0.5, 0.6) is 0 Å². The topological polar surface area (TPSA) is 50.2 Å². The van der Waals surface area contributed by atoms with Crippen LogP contribution in [0.1, 0.15) is 13.3 Å². The lowest BCUT2D eigenvalue weighted by Gasteiger charge is -2.22. The number of carbonyl (C=O) groups is 1. The summed E-state index contributed by atoms with van der Waals surface area (Å²) in [6, 6.07) is 8.40. The maximum atomic E-state index is 12.3. The second-order valence-electron chi connectivity index (χ2n) is 6.10.